The van der Waals surface area contributed by atoms with Gasteiger partial charge in [0.2, 0.25) is 0 Å². The molecule has 0 radical (unpaired) electrons. The molecule has 8 nitrogen and oxygen atoms in total. The number of hydrogen-bond acceptors (Lipinski definition) is 7. The Kier molecular flexibility index (Phi) is 6.27. The van der Waals surface area contributed by atoms with Crippen LogP contribution >= 0.6 is 10.8 Å². The van der Waals surface area contributed by atoms with Gasteiger partial charge in [0, 0.05) is 38.4 Å². The highest BCUT2D eigenvalue weighted by atomic mass is 32.3. The quantitative estimate of drug-likeness (QED) is 0.587. The van der Waals surface area contributed by atoms with Crippen LogP contribution in [0.15, 0.2) is 0 Å². The van der Waals surface area contributed by atoms with Crippen molar-refractivity contribution in [2.24, 2.45) is 0 Å². The predicted octanol–water partition coefficient (Wildman–Crippen LogP) is 2.97. The molecule has 1 fully saturated rings. The predicted molar refractivity (Wildman–Crippen MR) is 110 cm³/mol. The lowest BCUT2D eigenvalue weighted by molar-refractivity contribution is 0.120. The third kappa shape index (κ3) is 4.22. The van der Waals surface area contributed by atoms with Crippen molar-refractivity contribution in [1.82, 2.24) is 18.8 Å². The molecule has 152 valence electrons. The van der Waals surface area contributed by atoms with Crippen LogP contribution < -0.4 is 5.73 Å². The molecule has 0 amide bonds. The molecule has 0 spiro atoms. The maximum atomic E-state index is 9.91. The SMILES string of the molecule is CCc1nc2c(N)nc(C)c(C)c2n1CCOCCCN1CCCS1(O)O. The van der Waals surface area contributed by atoms with E-state index in [0.717, 1.165) is 53.9 Å². The second-order valence-corrected chi connectivity index (χ2v) is 9.21. The fourth-order valence-electron chi connectivity index (χ4n) is 3.63. The summed E-state index contributed by atoms with van der Waals surface area (Å²) in [6, 6.07) is 0. The number of fused-ring (bicyclic) bond motifs is 1. The molecule has 0 aliphatic carbocycles. The molecule has 1 saturated heterocycles. The zero-order valence-electron chi connectivity index (χ0n) is 16.4. The van der Waals surface area contributed by atoms with Crippen LogP contribution in [0.25, 0.3) is 11.0 Å². The molecule has 27 heavy (non-hydrogen) atoms. The highest BCUT2D eigenvalue weighted by Crippen LogP contribution is 2.48. The van der Waals surface area contributed by atoms with Crippen molar-refractivity contribution in [2.75, 3.05) is 37.8 Å². The molecule has 3 rings (SSSR count). The Morgan fingerprint density at radius 2 is 1.96 bits per heavy atom. The van der Waals surface area contributed by atoms with Crippen LogP contribution in [0.2, 0.25) is 0 Å². The van der Waals surface area contributed by atoms with Crippen molar-refractivity contribution in [3.05, 3.63) is 17.1 Å². The monoisotopic (exact) mass is 397 g/mol. The summed E-state index contributed by atoms with van der Waals surface area (Å²) in [6.45, 7) is 9.41. The van der Waals surface area contributed by atoms with Gasteiger partial charge in [-0.05, 0) is 32.3 Å². The van der Waals surface area contributed by atoms with Gasteiger partial charge in [0.05, 0.1) is 17.9 Å². The van der Waals surface area contributed by atoms with Gasteiger partial charge in [0.1, 0.15) is 11.3 Å². The van der Waals surface area contributed by atoms with Gasteiger partial charge < -0.3 is 15.0 Å². The smallest absolute Gasteiger partial charge is 0.151 e. The number of rotatable bonds is 8. The zero-order chi connectivity index (χ0) is 19.6. The van der Waals surface area contributed by atoms with Gasteiger partial charge in [0.25, 0.3) is 0 Å². The Balaban J connectivity index is 1.57. The molecule has 2 aromatic rings. The van der Waals surface area contributed by atoms with E-state index >= 15 is 0 Å². The number of aryl methyl sites for hydroxylation is 3. The van der Waals surface area contributed by atoms with E-state index in [1.165, 1.54) is 0 Å². The second kappa shape index (κ2) is 8.32. The third-order valence-corrected chi connectivity index (χ3v) is 7.21. The van der Waals surface area contributed by atoms with Gasteiger partial charge in [-0.3, -0.25) is 9.11 Å². The van der Waals surface area contributed by atoms with E-state index < -0.39 is 10.8 Å². The first-order chi connectivity index (χ1) is 12.8. The summed E-state index contributed by atoms with van der Waals surface area (Å²) in [4.78, 5) is 9.06. The number of ether oxygens (including phenoxy) is 1. The average Bonchev–Trinajstić information content (AvgIpc) is 3.16. The van der Waals surface area contributed by atoms with E-state index in [1.807, 2.05) is 6.92 Å². The molecule has 0 atom stereocenters. The number of pyridine rings is 1. The first-order valence-electron chi connectivity index (χ1n) is 9.55. The molecule has 0 aromatic carbocycles. The topological polar surface area (TPSA) is 110 Å². The number of nitrogens with two attached hydrogens (primary N) is 1. The lowest BCUT2D eigenvalue weighted by atomic mass is 10.2. The van der Waals surface area contributed by atoms with E-state index in [-0.39, 0.29) is 0 Å². The molecular weight excluding hydrogens is 366 g/mol. The minimum Gasteiger partial charge on any atom is -0.382 e. The molecule has 1 aliphatic heterocycles. The number of anilines is 1. The summed E-state index contributed by atoms with van der Waals surface area (Å²) in [5.74, 6) is 1.96. The fourth-order valence-corrected chi connectivity index (χ4v) is 5.24. The van der Waals surface area contributed by atoms with Crippen LogP contribution in [0.5, 0.6) is 0 Å². The van der Waals surface area contributed by atoms with E-state index in [1.54, 1.807) is 4.31 Å². The van der Waals surface area contributed by atoms with E-state index in [9.17, 15) is 9.11 Å². The highest BCUT2D eigenvalue weighted by molar-refractivity contribution is 8.22. The highest BCUT2D eigenvalue weighted by Gasteiger charge is 2.27. The minimum absolute atomic E-state index is 0.479. The molecule has 4 N–H and O–H groups in total. The van der Waals surface area contributed by atoms with Crippen molar-refractivity contribution in [2.45, 2.75) is 46.6 Å². The van der Waals surface area contributed by atoms with Crippen LogP contribution in [0.3, 0.4) is 0 Å². The minimum atomic E-state index is -2.51. The summed E-state index contributed by atoms with van der Waals surface area (Å²) < 4.78 is 29.6. The van der Waals surface area contributed by atoms with E-state index in [0.29, 0.717) is 37.9 Å². The number of nitrogen functional groups attached to an aromatic ring is 1. The van der Waals surface area contributed by atoms with Crippen LogP contribution in [-0.2, 0) is 17.7 Å². The molecule has 0 saturated carbocycles. The van der Waals surface area contributed by atoms with Gasteiger partial charge in [-0.1, -0.05) is 6.92 Å². The van der Waals surface area contributed by atoms with Crippen molar-refractivity contribution < 1.29 is 13.8 Å². The molecule has 0 bridgehead atoms. The molecule has 2 aromatic heterocycles. The molecule has 1 aliphatic rings. The second-order valence-electron chi connectivity index (χ2n) is 7.02. The van der Waals surface area contributed by atoms with Crippen LogP contribution in [0, 0.1) is 13.8 Å². The van der Waals surface area contributed by atoms with Gasteiger partial charge >= 0.3 is 0 Å². The molecule has 9 heteroatoms. The van der Waals surface area contributed by atoms with E-state index in [2.05, 4.69) is 28.4 Å². The molecule has 3 heterocycles. The van der Waals surface area contributed by atoms with Crippen molar-refractivity contribution in [3.63, 3.8) is 0 Å². The average molecular weight is 398 g/mol. The zero-order valence-corrected chi connectivity index (χ0v) is 17.3. The van der Waals surface area contributed by atoms with Gasteiger partial charge in [-0.25, -0.2) is 14.3 Å². The normalized spacial score (nSPS) is 18.4. The number of nitrogens with zero attached hydrogens (tertiary/aromatic N) is 4. The first-order valence-corrected chi connectivity index (χ1v) is 11.2. The van der Waals surface area contributed by atoms with Crippen molar-refractivity contribution in [3.8, 4) is 0 Å². The van der Waals surface area contributed by atoms with Gasteiger partial charge in [0.15, 0.2) is 5.82 Å². The number of imidazole rings is 1. The molecular formula is C18H31N5O3S. The van der Waals surface area contributed by atoms with Crippen molar-refractivity contribution >= 4 is 27.6 Å². The Morgan fingerprint density at radius 3 is 2.63 bits per heavy atom. The lowest BCUT2D eigenvalue weighted by Gasteiger charge is -2.36. The number of hydrogen-bond donors (Lipinski definition) is 3. The lowest BCUT2D eigenvalue weighted by Crippen LogP contribution is -2.24. The number of aromatic nitrogens is 3. The fraction of sp³-hybridized carbons (Fsp3) is 0.667. The Labute approximate surface area is 162 Å². The first kappa shape index (κ1) is 20.3. The standard InChI is InChI=1S/C18H31N5O3S/c1-4-15-21-16-17(13(2)14(3)20-18(16)19)23(15)9-11-26-10-5-7-22-8-6-12-27(22,24)25/h24-25H,4-12H2,1-3H3,(H2,19,20). The molecule has 0 unspecified atom stereocenters. The summed E-state index contributed by atoms with van der Waals surface area (Å²) in [6.07, 6.45) is 2.46. The summed E-state index contributed by atoms with van der Waals surface area (Å²) in [5, 5.41) is 0. The summed E-state index contributed by atoms with van der Waals surface area (Å²) >= 11 is 0. The maximum absolute atomic E-state index is 9.91. The van der Waals surface area contributed by atoms with Crippen LogP contribution in [0.1, 0.15) is 36.8 Å². The maximum Gasteiger partial charge on any atom is 0.151 e. The van der Waals surface area contributed by atoms with Gasteiger partial charge in [-0.15, -0.1) is 10.8 Å². The Morgan fingerprint density at radius 1 is 1.19 bits per heavy atom. The largest absolute Gasteiger partial charge is 0.382 e. The van der Waals surface area contributed by atoms with Crippen molar-refractivity contribution in [1.29, 1.82) is 0 Å². The van der Waals surface area contributed by atoms with Crippen LogP contribution in [0.4, 0.5) is 5.82 Å². The Bertz CT molecular complexity index is 808. The van der Waals surface area contributed by atoms with E-state index in [4.69, 9.17) is 10.5 Å². The van der Waals surface area contributed by atoms with Crippen LogP contribution in [-0.4, -0.2) is 60.0 Å². The summed E-state index contributed by atoms with van der Waals surface area (Å²) in [7, 11) is -2.51. The summed E-state index contributed by atoms with van der Waals surface area (Å²) in [5.41, 5.74) is 9.92. The van der Waals surface area contributed by atoms with Gasteiger partial charge in [-0.2, -0.15) is 0 Å². The Hall–Kier alpha value is -1.39. The third-order valence-electron chi connectivity index (χ3n) is 5.19.